The van der Waals surface area contributed by atoms with Crippen molar-refractivity contribution in [3.8, 4) is 11.1 Å². The smallest absolute Gasteiger partial charge is 0.407 e. The zero-order valence-corrected chi connectivity index (χ0v) is 19.9. The minimum atomic E-state index is -0.902. The first-order valence-corrected chi connectivity index (χ1v) is 11.7. The van der Waals surface area contributed by atoms with Crippen LogP contribution in [0.4, 0.5) is 4.79 Å². The Labute approximate surface area is 204 Å². The van der Waals surface area contributed by atoms with Crippen LogP contribution in [-0.2, 0) is 19.1 Å². The van der Waals surface area contributed by atoms with Gasteiger partial charge in [0.1, 0.15) is 12.6 Å². The zero-order valence-electron chi connectivity index (χ0n) is 19.9. The van der Waals surface area contributed by atoms with Gasteiger partial charge in [0.05, 0.1) is 18.6 Å². The van der Waals surface area contributed by atoms with Crippen LogP contribution in [0.25, 0.3) is 11.1 Å². The van der Waals surface area contributed by atoms with E-state index in [9.17, 15) is 14.4 Å². The molecule has 0 spiro atoms. The van der Waals surface area contributed by atoms with Crippen molar-refractivity contribution < 1.29 is 29.0 Å². The van der Waals surface area contributed by atoms with E-state index in [2.05, 4.69) is 22.8 Å². The Kier molecular flexibility index (Phi) is 7.67. The maximum absolute atomic E-state index is 12.8. The topological polar surface area (TPSA) is 117 Å². The standard InChI is InChI=1S/C26H31N3O6/c1-29(2)13-23(24(30)27-12-17-11-16(14-34-17)25(31)32)28-26(33)35-15-22-20-9-5-3-7-18(20)19-8-4-6-10-21(19)22/h3-10,16-17,22-23H,11-15H2,1-2H3,(H,27,30)(H,28,33)(H,31,32)/t16-,17-,23-/m0/s1. The Bertz CT molecular complexity index is 1040. The fourth-order valence-electron chi connectivity index (χ4n) is 4.70. The second-order valence-electron chi connectivity index (χ2n) is 9.26. The van der Waals surface area contributed by atoms with Crippen molar-refractivity contribution in [2.45, 2.75) is 24.5 Å². The molecule has 1 aliphatic heterocycles. The Hall–Kier alpha value is -3.43. The number of hydrogen-bond donors (Lipinski definition) is 3. The Morgan fingerprint density at radius 3 is 2.29 bits per heavy atom. The van der Waals surface area contributed by atoms with Crippen molar-refractivity contribution in [1.82, 2.24) is 15.5 Å². The van der Waals surface area contributed by atoms with E-state index in [4.69, 9.17) is 14.6 Å². The highest BCUT2D eigenvalue weighted by atomic mass is 16.5. The van der Waals surface area contributed by atoms with Crippen molar-refractivity contribution in [2.75, 3.05) is 40.4 Å². The minimum absolute atomic E-state index is 0.0732. The maximum atomic E-state index is 12.8. The van der Waals surface area contributed by atoms with Crippen LogP contribution in [0.1, 0.15) is 23.5 Å². The second kappa shape index (κ2) is 10.9. The quantitative estimate of drug-likeness (QED) is 0.502. The third-order valence-electron chi connectivity index (χ3n) is 6.43. The van der Waals surface area contributed by atoms with Crippen LogP contribution in [0.2, 0.25) is 0 Å². The van der Waals surface area contributed by atoms with Crippen LogP contribution in [0.3, 0.4) is 0 Å². The van der Waals surface area contributed by atoms with Gasteiger partial charge in [0.15, 0.2) is 0 Å². The molecule has 9 nitrogen and oxygen atoms in total. The summed E-state index contributed by atoms with van der Waals surface area (Å²) in [5.41, 5.74) is 4.50. The van der Waals surface area contributed by atoms with Crippen LogP contribution >= 0.6 is 0 Å². The molecular formula is C26H31N3O6. The van der Waals surface area contributed by atoms with Gasteiger partial charge in [-0.3, -0.25) is 9.59 Å². The van der Waals surface area contributed by atoms with E-state index < -0.39 is 24.0 Å². The van der Waals surface area contributed by atoms with Crippen LogP contribution in [0, 0.1) is 5.92 Å². The van der Waals surface area contributed by atoms with Crippen molar-refractivity contribution in [3.63, 3.8) is 0 Å². The lowest BCUT2D eigenvalue weighted by Gasteiger charge is -2.23. The number of alkyl carbamates (subject to hydrolysis) is 1. The first-order chi connectivity index (χ1) is 16.8. The summed E-state index contributed by atoms with van der Waals surface area (Å²) >= 11 is 0. The summed E-state index contributed by atoms with van der Waals surface area (Å²) in [5, 5.41) is 14.5. The predicted molar refractivity (Wildman–Crippen MR) is 129 cm³/mol. The number of hydrogen-bond acceptors (Lipinski definition) is 6. The molecular weight excluding hydrogens is 450 g/mol. The van der Waals surface area contributed by atoms with E-state index in [0.717, 1.165) is 22.3 Å². The van der Waals surface area contributed by atoms with Gasteiger partial charge in [0.25, 0.3) is 0 Å². The molecule has 3 atom stereocenters. The molecule has 2 aromatic rings. The number of likely N-dealkylation sites (N-methyl/N-ethyl adjacent to an activating group) is 1. The number of fused-ring (bicyclic) bond motifs is 3. The molecule has 0 saturated carbocycles. The predicted octanol–water partition coefficient (Wildman–Crippen LogP) is 2.06. The molecule has 2 aliphatic rings. The first-order valence-electron chi connectivity index (χ1n) is 11.7. The molecule has 35 heavy (non-hydrogen) atoms. The zero-order chi connectivity index (χ0) is 24.9. The van der Waals surface area contributed by atoms with Crippen molar-refractivity contribution >= 4 is 18.0 Å². The number of carboxylic acids is 1. The molecule has 186 valence electrons. The van der Waals surface area contributed by atoms with E-state index in [0.29, 0.717) is 6.42 Å². The number of benzene rings is 2. The largest absolute Gasteiger partial charge is 0.481 e. The molecule has 4 rings (SSSR count). The molecule has 9 heteroatoms. The first kappa shape index (κ1) is 24.7. The molecule has 1 heterocycles. The second-order valence-corrected chi connectivity index (χ2v) is 9.26. The third-order valence-corrected chi connectivity index (χ3v) is 6.43. The van der Waals surface area contributed by atoms with Crippen molar-refractivity contribution in [2.24, 2.45) is 5.92 Å². The number of carboxylic acid groups (broad SMARTS) is 1. The Morgan fingerprint density at radius 2 is 1.71 bits per heavy atom. The molecule has 3 N–H and O–H groups in total. The highest BCUT2D eigenvalue weighted by Crippen LogP contribution is 2.44. The van der Waals surface area contributed by atoms with E-state index in [1.807, 2.05) is 36.4 Å². The molecule has 0 unspecified atom stereocenters. The summed E-state index contributed by atoms with van der Waals surface area (Å²) in [6.45, 7) is 0.746. The van der Waals surface area contributed by atoms with E-state index >= 15 is 0 Å². The highest BCUT2D eigenvalue weighted by molar-refractivity contribution is 5.86. The van der Waals surface area contributed by atoms with E-state index in [1.54, 1.807) is 19.0 Å². The molecule has 1 aliphatic carbocycles. The number of carbonyl (C=O) groups is 3. The van der Waals surface area contributed by atoms with Crippen molar-refractivity contribution in [1.29, 1.82) is 0 Å². The summed E-state index contributed by atoms with van der Waals surface area (Å²) in [6, 6.07) is 15.3. The third kappa shape index (κ3) is 5.80. The highest BCUT2D eigenvalue weighted by Gasteiger charge is 2.32. The molecule has 0 radical (unpaired) electrons. The number of carbonyl (C=O) groups excluding carboxylic acids is 2. The fourth-order valence-corrected chi connectivity index (χ4v) is 4.70. The SMILES string of the molecule is CN(C)C[C@H](NC(=O)OCC1c2ccccc2-c2ccccc21)C(=O)NC[C@@H]1C[C@H](C(=O)O)CO1. The van der Waals surface area contributed by atoms with Crippen LogP contribution in [0.5, 0.6) is 0 Å². The molecule has 0 bridgehead atoms. The van der Waals surface area contributed by atoms with Gasteiger partial charge in [0.2, 0.25) is 5.91 Å². The normalized spacial score (nSPS) is 19.6. The molecule has 2 amide bonds. The number of amides is 2. The number of nitrogens with one attached hydrogen (secondary N) is 2. The molecule has 1 saturated heterocycles. The van der Waals surface area contributed by atoms with Gasteiger partial charge in [-0.05, 0) is 42.8 Å². The summed E-state index contributed by atoms with van der Waals surface area (Å²) in [5.74, 6) is -1.92. The summed E-state index contributed by atoms with van der Waals surface area (Å²) < 4.78 is 11.0. The number of aliphatic carboxylic acids is 1. The average Bonchev–Trinajstić information content (AvgIpc) is 3.44. The van der Waals surface area contributed by atoms with E-state index in [-0.39, 0.29) is 44.2 Å². The van der Waals surface area contributed by atoms with E-state index in [1.165, 1.54) is 0 Å². The Morgan fingerprint density at radius 1 is 1.09 bits per heavy atom. The summed E-state index contributed by atoms with van der Waals surface area (Å²) in [6.07, 6.45) is -0.695. The lowest BCUT2D eigenvalue weighted by Crippen LogP contribution is -2.52. The molecule has 1 fully saturated rings. The summed E-state index contributed by atoms with van der Waals surface area (Å²) in [7, 11) is 3.61. The number of ether oxygens (including phenoxy) is 2. The lowest BCUT2D eigenvalue weighted by atomic mass is 9.98. The Balaban J connectivity index is 1.33. The molecule has 2 aromatic carbocycles. The van der Waals surface area contributed by atoms with Gasteiger partial charge in [-0.15, -0.1) is 0 Å². The number of rotatable bonds is 9. The van der Waals surface area contributed by atoms with Gasteiger partial charge >= 0.3 is 12.1 Å². The monoisotopic (exact) mass is 481 g/mol. The maximum Gasteiger partial charge on any atom is 0.407 e. The summed E-state index contributed by atoms with van der Waals surface area (Å²) in [4.78, 5) is 38.4. The van der Waals surface area contributed by atoms with Crippen LogP contribution in [0.15, 0.2) is 48.5 Å². The van der Waals surface area contributed by atoms with Gasteiger partial charge in [-0.25, -0.2) is 4.79 Å². The lowest BCUT2D eigenvalue weighted by molar-refractivity contribution is -0.141. The minimum Gasteiger partial charge on any atom is -0.481 e. The van der Waals surface area contributed by atoms with Gasteiger partial charge < -0.3 is 30.1 Å². The number of nitrogens with zero attached hydrogens (tertiary/aromatic N) is 1. The average molecular weight is 482 g/mol. The van der Waals surface area contributed by atoms with Crippen LogP contribution < -0.4 is 10.6 Å². The van der Waals surface area contributed by atoms with Gasteiger partial charge in [0, 0.05) is 19.0 Å². The van der Waals surface area contributed by atoms with Crippen LogP contribution in [-0.4, -0.2) is 80.5 Å². The molecule has 0 aromatic heterocycles. The van der Waals surface area contributed by atoms with Gasteiger partial charge in [-0.2, -0.15) is 0 Å². The van der Waals surface area contributed by atoms with Crippen molar-refractivity contribution in [3.05, 3.63) is 59.7 Å². The fraction of sp³-hybridized carbons (Fsp3) is 0.423. The van der Waals surface area contributed by atoms with Gasteiger partial charge in [-0.1, -0.05) is 48.5 Å².